The van der Waals surface area contributed by atoms with Gasteiger partial charge in [-0.05, 0) is 36.6 Å². The predicted molar refractivity (Wildman–Crippen MR) is 68.1 cm³/mol. The number of Topliss-reactive ketones (excluding diaryl/α,β-unsaturated/α-hetero) is 1. The fourth-order valence-electron chi connectivity index (χ4n) is 1.77. The van der Waals surface area contributed by atoms with Gasteiger partial charge in [0.15, 0.2) is 5.78 Å². The molecule has 2 nitrogen and oxygen atoms in total. The van der Waals surface area contributed by atoms with Crippen molar-refractivity contribution >= 4 is 5.78 Å². The van der Waals surface area contributed by atoms with Gasteiger partial charge in [-0.2, -0.15) is 0 Å². The van der Waals surface area contributed by atoms with Crippen LogP contribution in [0.5, 0.6) is 0 Å². The molecule has 92 valence electrons. The molecule has 0 aliphatic heterocycles. The van der Waals surface area contributed by atoms with Gasteiger partial charge in [-0.15, -0.1) is 0 Å². The van der Waals surface area contributed by atoms with Crippen LogP contribution in [0.3, 0.4) is 0 Å². The number of hydrogen-bond acceptors (Lipinski definition) is 2. The molecule has 1 aromatic carbocycles. The van der Waals surface area contributed by atoms with E-state index in [4.69, 9.17) is 0 Å². The minimum absolute atomic E-state index is 0.120. The van der Waals surface area contributed by atoms with E-state index < -0.39 is 5.82 Å². The number of nitrogens with zero attached hydrogens (tertiary/aromatic N) is 1. The van der Waals surface area contributed by atoms with E-state index in [2.05, 4.69) is 4.98 Å². The third-order valence-corrected chi connectivity index (χ3v) is 2.96. The number of ketones is 1. The molecule has 0 amide bonds. The molecule has 2 aromatic rings. The maximum Gasteiger partial charge on any atom is 0.168 e. The largest absolute Gasteiger partial charge is 0.294 e. The van der Waals surface area contributed by atoms with Gasteiger partial charge < -0.3 is 0 Å². The van der Waals surface area contributed by atoms with E-state index in [1.807, 2.05) is 32.0 Å². The molecular weight excluding hydrogens is 229 g/mol. The molecule has 0 N–H and O–H groups in total. The number of halogens is 1. The number of pyridine rings is 1. The van der Waals surface area contributed by atoms with Crippen molar-refractivity contribution in [2.75, 3.05) is 0 Å². The van der Waals surface area contributed by atoms with E-state index in [1.54, 1.807) is 0 Å². The molecule has 0 unspecified atom stereocenters. The first-order chi connectivity index (χ1) is 8.56. The molecule has 0 radical (unpaired) electrons. The van der Waals surface area contributed by atoms with Crippen LogP contribution in [0.4, 0.5) is 4.39 Å². The zero-order chi connectivity index (χ0) is 13.1. The van der Waals surface area contributed by atoms with Crippen LogP contribution in [-0.2, 0) is 6.42 Å². The van der Waals surface area contributed by atoms with E-state index in [1.165, 1.54) is 17.8 Å². The second kappa shape index (κ2) is 5.08. The number of aromatic nitrogens is 1. The Morgan fingerprint density at radius 2 is 1.94 bits per heavy atom. The number of hydrogen-bond donors (Lipinski definition) is 0. The standard InChI is InChI=1S/C15H14FNO/c1-10-3-4-12(5-11(10)2)6-15(18)13-7-14(16)9-17-8-13/h3-5,7-9H,6H2,1-2H3. The lowest BCUT2D eigenvalue weighted by atomic mass is 10.0. The predicted octanol–water partition coefficient (Wildman–Crippen LogP) is 3.26. The molecule has 0 saturated heterocycles. The number of rotatable bonds is 3. The van der Waals surface area contributed by atoms with Gasteiger partial charge in [0.2, 0.25) is 0 Å². The lowest BCUT2D eigenvalue weighted by molar-refractivity contribution is 0.0992. The number of benzene rings is 1. The Kier molecular flexibility index (Phi) is 3.51. The van der Waals surface area contributed by atoms with Crippen molar-refractivity contribution in [3.05, 3.63) is 64.7 Å². The summed E-state index contributed by atoms with van der Waals surface area (Å²) in [4.78, 5) is 15.6. The summed E-state index contributed by atoms with van der Waals surface area (Å²) in [5.41, 5.74) is 3.59. The van der Waals surface area contributed by atoms with Crippen LogP contribution in [0.2, 0.25) is 0 Å². The van der Waals surface area contributed by atoms with Crippen molar-refractivity contribution in [3.8, 4) is 0 Å². The SMILES string of the molecule is Cc1ccc(CC(=O)c2cncc(F)c2)cc1C. The minimum atomic E-state index is -0.485. The first-order valence-corrected chi connectivity index (χ1v) is 5.76. The van der Waals surface area contributed by atoms with Gasteiger partial charge in [0.05, 0.1) is 6.20 Å². The molecule has 0 spiro atoms. The highest BCUT2D eigenvalue weighted by molar-refractivity contribution is 5.97. The molecule has 0 fully saturated rings. The average molecular weight is 243 g/mol. The molecule has 0 bridgehead atoms. The highest BCUT2D eigenvalue weighted by Crippen LogP contribution is 2.13. The summed E-state index contributed by atoms with van der Waals surface area (Å²) in [6.07, 6.45) is 2.76. The Labute approximate surface area is 105 Å². The highest BCUT2D eigenvalue weighted by atomic mass is 19.1. The van der Waals surface area contributed by atoms with Crippen LogP contribution < -0.4 is 0 Å². The second-order valence-corrected chi connectivity index (χ2v) is 4.41. The van der Waals surface area contributed by atoms with Crippen LogP contribution >= 0.6 is 0 Å². The van der Waals surface area contributed by atoms with E-state index in [0.717, 1.165) is 17.3 Å². The van der Waals surface area contributed by atoms with Crippen LogP contribution in [0.15, 0.2) is 36.7 Å². The number of carbonyl (C=O) groups is 1. The van der Waals surface area contributed by atoms with Crippen LogP contribution in [-0.4, -0.2) is 10.8 Å². The Morgan fingerprint density at radius 3 is 2.61 bits per heavy atom. The summed E-state index contributed by atoms with van der Waals surface area (Å²) in [7, 11) is 0. The summed E-state index contributed by atoms with van der Waals surface area (Å²) in [6, 6.07) is 7.12. The quantitative estimate of drug-likeness (QED) is 0.774. The molecule has 0 aliphatic rings. The topological polar surface area (TPSA) is 30.0 Å². The van der Waals surface area contributed by atoms with Gasteiger partial charge in [0, 0.05) is 18.2 Å². The Hall–Kier alpha value is -2.03. The summed E-state index contributed by atoms with van der Waals surface area (Å²) in [5.74, 6) is -0.605. The average Bonchev–Trinajstić information content (AvgIpc) is 2.34. The first kappa shape index (κ1) is 12.4. The van der Waals surface area contributed by atoms with Crippen LogP contribution in [0.25, 0.3) is 0 Å². The highest BCUT2D eigenvalue weighted by Gasteiger charge is 2.09. The minimum Gasteiger partial charge on any atom is -0.294 e. The Bertz CT molecular complexity index is 593. The molecule has 18 heavy (non-hydrogen) atoms. The molecule has 3 heteroatoms. The first-order valence-electron chi connectivity index (χ1n) is 5.76. The van der Waals surface area contributed by atoms with E-state index >= 15 is 0 Å². The summed E-state index contributed by atoms with van der Waals surface area (Å²) < 4.78 is 13.0. The third kappa shape index (κ3) is 2.80. The van der Waals surface area contributed by atoms with E-state index in [0.29, 0.717) is 5.56 Å². The van der Waals surface area contributed by atoms with E-state index in [9.17, 15) is 9.18 Å². The summed E-state index contributed by atoms with van der Waals surface area (Å²) in [5, 5.41) is 0. The normalized spacial score (nSPS) is 10.4. The molecular formula is C15H14FNO. The van der Waals surface area contributed by atoms with Gasteiger partial charge >= 0.3 is 0 Å². The number of aryl methyl sites for hydroxylation is 2. The van der Waals surface area contributed by atoms with Crippen molar-refractivity contribution in [1.82, 2.24) is 4.98 Å². The lowest BCUT2D eigenvalue weighted by Crippen LogP contribution is -2.05. The van der Waals surface area contributed by atoms with Gasteiger partial charge in [0.1, 0.15) is 5.82 Å². The molecule has 0 aliphatic carbocycles. The fourth-order valence-corrected chi connectivity index (χ4v) is 1.77. The van der Waals surface area contributed by atoms with E-state index in [-0.39, 0.29) is 12.2 Å². The van der Waals surface area contributed by atoms with Crippen molar-refractivity contribution < 1.29 is 9.18 Å². The van der Waals surface area contributed by atoms with Gasteiger partial charge in [-0.1, -0.05) is 18.2 Å². The Balaban J connectivity index is 2.18. The van der Waals surface area contributed by atoms with Crippen molar-refractivity contribution in [3.63, 3.8) is 0 Å². The number of carbonyl (C=O) groups excluding carboxylic acids is 1. The maximum atomic E-state index is 13.0. The monoisotopic (exact) mass is 243 g/mol. The van der Waals surface area contributed by atoms with Gasteiger partial charge in [0.25, 0.3) is 0 Å². The Morgan fingerprint density at radius 1 is 1.17 bits per heavy atom. The molecule has 0 saturated carbocycles. The smallest absolute Gasteiger partial charge is 0.168 e. The summed E-state index contributed by atoms with van der Waals surface area (Å²) >= 11 is 0. The van der Waals surface area contributed by atoms with Crippen molar-refractivity contribution in [2.24, 2.45) is 0 Å². The maximum absolute atomic E-state index is 13.0. The van der Waals surface area contributed by atoms with Crippen molar-refractivity contribution in [1.29, 1.82) is 0 Å². The lowest BCUT2D eigenvalue weighted by Gasteiger charge is -2.05. The zero-order valence-corrected chi connectivity index (χ0v) is 10.4. The molecule has 0 atom stereocenters. The van der Waals surface area contributed by atoms with Crippen LogP contribution in [0, 0.1) is 19.7 Å². The fraction of sp³-hybridized carbons (Fsp3) is 0.200. The van der Waals surface area contributed by atoms with Gasteiger partial charge in [-0.25, -0.2) is 4.39 Å². The van der Waals surface area contributed by atoms with Crippen LogP contribution in [0.1, 0.15) is 27.0 Å². The molecule has 1 heterocycles. The third-order valence-electron chi connectivity index (χ3n) is 2.96. The zero-order valence-electron chi connectivity index (χ0n) is 10.4. The summed E-state index contributed by atoms with van der Waals surface area (Å²) in [6.45, 7) is 4.03. The second-order valence-electron chi connectivity index (χ2n) is 4.41. The molecule has 1 aromatic heterocycles. The molecule has 2 rings (SSSR count). The van der Waals surface area contributed by atoms with Gasteiger partial charge in [-0.3, -0.25) is 9.78 Å². The van der Waals surface area contributed by atoms with Crippen molar-refractivity contribution in [2.45, 2.75) is 20.3 Å².